The van der Waals surface area contributed by atoms with Crippen molar-refractivity contribution in [2.24, 2.45) is 5.92 Å². The van der Waals surface area contributed by atoms with Crippen LogP contribution in [0.1, 0.15) is 52.8 Å². The Hall–Kier alpha value is -0.860. The van der Waals surface area contributed by atoms with Crippen molar-refractivity contribution in [2.45, 2.75) is 51.8 Å². The molecule has 1 rings (SSSR count). The molecule has 1 heterocycles. The van der Waals surface area contributed by atoms with Crippen molar-refractivity contribution in [3.05, 3.63) is 28.2 Å². The average Bonchev–Trinajstić information content (AvgIpc) is 2.46. The molecule has 1 unspecified atom stereocenters. The van der Waals surface area contributed by atoms with E-state index in [4.69, 9.17) is 4.74 Å². The molecule has 0 radical (unpaired) electrons. The second-order valence-corrected chi connectivity index (χ2v) is 9.64. The van der Waals surface area contributed by atoms with Gasteiger partial charge in [0.05, 0.1) is 40.5 Å². The highest BCUT2D eigenvalue weighted by Crippen LogP contribution is 2.23. The first-order chi connectivity index (χ1) is 11.0. The highest BCUT2D eigenvalue weighted by molar-refractivity contribution is 9.10. The number of aromatic nitrogens is 1. The summed E-state index contributed by atoms with van der Waals surface area (Å²) in [5, 5.41) is 0. The second-order valence-electron chi connectivity index (χ2n) is 6.83. The number of esters is 1. The molecule has 0 aliphatic rings. The molecule has 2 atom stereocenters. The highest BCUT2D eigenvalue weighted by atomic mass is 79.9. The van der Waals surface area contributed by atoms with Gasteiger partial charge in [0.1, 0.15) is 10.4 Å². The van der Waals surface area contributed by atoms with Crippen molar-refractivity contribution < 1.29 is 18.1 Å². The molecule has 0 saturated carbocycles. The number of hydrogen-bond donors (Lipinski definition) is 1. The van der Waals surface area contributed by atoms with E-state index in [1.165, 1.54) is 12.1 Å². The number of pyridine rings is 1. The van der Waals surface area contributed by atoms with E-state index >= 15 is 0 Å². The van der Waals surface area contributed by atoms with Crippen molar-refractivity contribution in [3.63, 3.8) is 0 Å². The van der Waals surface area contributed by atoms with Gasteiger partial charge in [-0.2, -0.15) is 0 Å². The number of carbonyl (C=O) groups excluding carboxylic acids is 1. The number of carbonyl (C=O) groups is 1. The van der Waals surface area contributed by atoms with E-state index in [0.29, 0.717) is 4.60 Å². The zero-order chi connectivity index (χ0) is 18.5. The zero-order valence-corrected chi connectivity index (χ0v) is 17.0. The Morgan fingerprint density at radius 2 is 2.04 bits per heavy atom. The third-order valence-corrected chi connectivity index (χ3v) is 4.98. The quantitative estimate of drug-likeness (QED) is 0.537. The van der Waals surface area contributed by atoms with Crippen molar-refractivity contribution in [1.82, 2.24) is 9.71 Å². The van der Waals surface area contributed by atoms with Gasteiger partial charge in [-0.05, 0) is 54.8 Å². The van der Waals surface area contributed by atoms with Gasteiger partial charge in [-0.15, -0.1) is 0 Å². The minimum absolute atomic E-state index is 0.0310. The summed E-state index contributed by atoms with van der Waals surface area (Å²) >= 11 is 3.19. The van der Waals surface area contributed by atoms with E-state index < -0.39 is 33.6 Å². The first-order valence-electron chi connectivity index (χ1n) is 7.66. The molecule has 1 aromatic rings. The molecule has 136 valence electrons. The van der Waals surface area contributed by atoms with Crippen molar-refractivity contribution in [2.75, 3.05) is 6.61 Å². The predicted octanol–water partition coefficient (Wildman–Crippen LogP) is 3.67. The number of nitrogens with one attached hydrogen (secondary N) is 1. The topological polar surface area (TPSA) is 68.3 Å². The van der Waals surface area contributed by atoms with E-state index in [1.54, 1.807) is 20.8 Å². The first kappa shape index (κ1) is 21.2. The van der Waals surface area contributed by atoms with Gasteiger partial charge >= 0.3 is 5.97 Å². The SMILES string of the molecule is CC(C)COC(=O)C[C@H](NS(=O)C(C)(C)C)c1nc(Br)ccc1F. The lowest BCUT2D eigenvalue weighted by atomic mass is 10.1. The summed E-state index contributed by atoms with van der Waals surface area (Å²) in [6.45, 7) is 9.49. The third-order valence-electron chi connectivity index (χ3n) is 2.92. The molecule has 0 aliphatic heterocycles. The van der Waals surface area contributed by atoms with E-state index in [2.05, 4.69) is 25.6 Å². The predicted molar refractivity (Wildman–Crippen MR) is 96.1 cm³/mol. The van der Waals surface area contributed by atoms with E-state index in [1.807, 2.05) is 13.8 Å². The Morgan fingerprint density at radius 1 is 1.42 bits per heavy atom. The number of halogens is 2. The van der Waals surface area contributed by atoms with Crippen molar-refractivity contribution >= 4 is 32.9 Å². The maximum Gasteiger partial charge on any atom is 0.307 e. The molecular weight excluding hydrogens is 399 g/mol. The minimum atomic E-state index is -1.49. The van der Waals surface area contributed by atoms with E-state index in [0.717, 1.165) is 0 Å². The fourth-order valence-electron chi connectivity index (χ4n) is 1.66. The summed E-state index contributed by atoms with van der Waals surface area (Å²) in [4.78, 5) is 16.1. The Morgan fingerprint density at radius 3 is 2.58 bits per heavy atom. The van der Waals surface area contributed by atoms with Crippen LogP contribution in [0.2, 0.25) is 0 Å². The molecule has 0 bridgehead atoms. The Labute approximate surface area is 153 Å². The molecule has 0 amide bonds. The van der Waals surface area contributed by atoms with Crippen LogP contribution in [0.3, 0.4) is 0 Å². The minimum Gasteiger partial charge on any atom is -0.465 e. The molecule has 24 heavy (non-hydrogen) atoms. The second kappa shape index (κ2) is 9.01. The lowest BCUT2D eigenvalue weighted by Gasteiger charge is -2.24. The van der Waals surface area contributed by atoms with Crippen LogP contribution in [0.5, 0.6) is 0 Å². The van der Waals surface area contributed by atoms with E-state index in [9.17, 15) is 13.4 Å². The Kier molecular flexibility index (Phi) is 7.95. The van der Waals surface area contributed by atoms with Crippen molar-refractivity contribution in [3.8, 4) is 0 Å². The largest absolute Gasteiger partial charge is 0.465 e. The maximum absolute atomic E-state index is 14.2. The van der Waals surface area contributed by atoms with Gasteiger partial charge in [-0.3, -0.25) is 4.79 Å². The fraction of sp³-hybridized carbons (Fsp3) is 0.625. The lowest BCUT2D eigenvalue weighted by molar-refractivity contribution is -0.145. The smallest absolute Gasteiger partial charge is 0.307 e. The number of ether oxygens (including phenoxy) is 1. The number of hydrogen-bond acceptors (Lipinski definition) is 4. The van der Waals surface area contributed by atoms with Gasteiger partial charge < -0.3 is 4.74 Å². The van der Waals surface area contributed by atoms with Crippen LogP contribution in [-0.2, 0) is 20.5 Å². The molecule has 0 aromatic carbocycles. The number of rotatable bonds is 7. The molecule has 8 heteroatoms. The zero-order valence-electron chi connectivity index (χ0n) is 14.6. The molecule has 0 fully saturated rings. The Balaban J connectivity index is 3.01. The van der Waals surface area contributed by atoms with Gasteiger partial charge in [-0.1, -0.05) is 13.8 Å². The van der Waals surface area contributed by atoms with E-state index in [-0.39, 0.29) is 24.6 Å². The lowest BCUT2D eigenvalue weighted by Crippen LogP contribution is -2.37. The summed E-state index contributed by atoms with van der Waals surface area (Å²) in [6, 6.07) is 1.87. The summed E-state index contributed by atoms with van der Waals surface area (Å²) in [5.74, 6) is -0.864. The third kappa shape index (κ3) is 6.94. The number of nitrogens with zero attached hydrogens (tertiary/aromatic N) is 1. The van der Waals surface area contributed by atoms with Crippen LogP contribution < -0.4 is 4.72 Å². The maximum atomic E-state index is 14.2. The molecular formula is C16H24BrFN2O3S. The molecule has 0 spiro atoms. The summed E-state index contributed by atoms with van der Waals surface area (Å²) < 4.78 is 34.4. The summed E-state index contributed by atoms with van der Waals surface area (Å²) in [6.07, 6.45) is -0.158. The molecule has 1 aromatic heterocycles. The van der Waals surface area contributed by atoms with Gasteiger partial charge in [0.2, 0.25) is 0 Å². The standard InChI is InChI=1S/C16H24BrFN2O3S/c1-10(2)9-23-14(21)8-12(20-24(22)16(3,4)5)15-11(18)6-7-13(17)19-15/h6-7,10,12,20H,8-9H2,1-5H3/t12-,24?/m0/s1. The van der Waals surface area contributed by atoms with Gasteiger partial charge in [0.25, 0.3) is 0 Å². The summed E-state index contributed by atoms with van der Waals surface area (Å²) in [7, 11) is -1.49. The van der Waals surface area contributed by atoms with Crippen LogP contribution in [0, 0.1) is 11.7 Å². The Bertz CT molecular complexity index is 605. The molecule has 0 saturated heterocycles. The molecule has 0 aliphatic carbocycles. The van der Waals surface area contributed by atoms with Crippen LogP contribution in [0.25, 0.3) is 0 Å². The molecule has 5 nitrogen and oxygen atoms in total. The molecule has 1 N–H and O–H groups in total. The van der Waals surface area contributed by atoms with Gasteiger partial charge in [0.15, 0.2) is 0 Å². The monoisotopic (exact) mass is 422 g/mol. The van der Waals surface area contributed by atoms with Crippen LogP contribution >= 0.6 is 15.9 Å². The summed E-state index contributed by atoms with van der Waals surface area (Å²) in [5.41, 5.74) is 0.0310. The average molecular weight is 423 g/mol. The first-order valence-corrected chi connectivity index (χ1v) is 9.60. The van der Waals surface area contributed by atoms with Crippen LogP contribution in [0.4, 0.5) is 4.39 Å². The fourth-order valence-corrected chi connectivity index (χ4v) is 2.79. The van der Waals surface area contributed by atoms with Crippen LogP contribution in [0.15, 0.2) is 16.7 Å². The van der Waals surface area contributed by atoms with Crippen molar-refractivity contribution in [1.29, 1.82) is 0 Å². The normalized spacial score (nSPS) is 14.5. The van der Waals surface area contributed by atoms with Crippen LogP contribution in [-0.4, -0.2) is 26.5 Å². The van der Waals surface area contributed by atoms with Gasteiger partial charge in [0, 0.05) is 0 Å². The highest BCUT2D eigenvalue weighted by Gasteiger charge is 2.28. The van der Waals surface area contributed by atoms with Gasteiger partial charge in [-0.25, -0.2) is 18.3 Å².